The van der Waals surface area contributed by atoms with Crippen molar-refractivity contribution >= 4 is 70.1 Å². The molecule has 2 heteroatoms. The van der Waals surface area contributed by atoms with Gasteiger partial charge in [-0.1, -0.05) is 158 Å². The molecule has 0 spiro atoms. The monoisotopic (exact) mass is 679 g/mol. The van der Waals surface area contributed by atoms with Crippen molar-refractivity contribution in [2.24, 2.45) is 0 Å². The van der Waals surface area contributed by atoms with E-state index in [1.165, 1.54) is 80.8 Å². The fourth-order valence-corrected chi connectivity index (χ4v) is 8.90. The lowest BCUT2D eigenvalue weighted by molar-refractivity contribution is 1.30. The largest absolute Gasteiger partial charge is 0.310 e. The molecule has 0 saturated heterocycles. The molecule has 0 atom stereocenters. The average Bonchev–Trinajstić information content (AvgIpc) is 3.60. The first-order chi connectivity index (χ1) is 25.8. The number of anilines is 3. The van der Waals surface area contributed by atoms with Gasteiger partial charge in [0.15, 0.2) is 0 Å². The second-order valence-corrected chi connectivity index (χ2v) is 14.4. The van der Waals surface area contributed by atoms with Crippen molar-refractivity contribution in [2.45, 2.75) is 0 Å². The smallest absolute Gasteiger partial charge is 0.0547 e. The van der Waals surface area contributed by atoms with Crippen molar-refractivity contribution in [3.05, 3.63) is 200 Å². The molecule has 0 amide bonds. The van der Waals surface area contributed by atoms with E-state index in [1.807, 2.05) is 11.3 Å². The van der Waals surface area contributed by atoms with E-state index < -0.39 is 0 Å². The lowest BCUT2D eigenvalue weighted by Gasteiger charge is -2.27. The van der Waals surface area contributed by atoms with Gasteiger partial charge in [0, 0.05) is 42.3 Å². The van der Waals surface area contributed by atoms with E-state index in [1.54, 1.807) is 0 Å². The normalized spacial score (nSPS) is 11.5. The minimum absolute atomic E-state index is 1.12. The van der Waals surface area contributed by atoms with Crippen LogP contribution >= 0.6 is 11.3 Å². The zero-order chi connectivity index (χ0) is 34.4. The molecule has 0 saturated carbocycles. The van der Waals surface area contributed by atoms with E-state index in [0.29, 0.717) is 0 Å². The van der Waals surface area contributed by atoms with E-state index in [9.17, 15) is 0 Å². The Morgan fingerprint density at radius 2 is 0.846 bits per heavy atom. The summed E-state index contributed by atoms with van der Waals surface area (Å²) in [5, 5.41) is 7.61. The van der Waals surface area contributed by atoms with Crippen molar-refractivity contribution in [3.8, 4) is 33.4 Å². The number of rotatable bonds is 6. The Morgan fingerprint density at radius 1 is 0.327 bits per heavy atom. The fourth-order valence-electron chi connectivity index (χ4n) is 7.70. The summed E-state index contributed by atoms with van der Waals surface area (Å²) in [4.78, 5) is 2.43. The Kier molecular flexibility index (Phi) is 7.41. The average molecular weight is 680 g/mol. The quantitative estimate of drug-likeness (QED) is 0.169. The Hall–Kier alpha value is -6.48. The predicted molar refractivity (Wildman–Crippen MR) is 225 cm³/mol. The molecule has 0 aliphatic carbocycles. The van der Waals surface area contributed by atoms with E-state index in [2.05, 4.69) is 205 Å². The second kappa shape index (κ2) is 12.7. The second-order valence-electron chi connectivity index (χ2n) is 13.3. The SMILES string of the molecule is c1ccc(-c2ccc(N(c3ccc(-c4ccccc4)cc3)c3cc4c5cc(-c6cccc7ccccc67)ccc5sc4c4ccccc34)cc2)cc1. The van der Waals surface area contributed by atoms with Crippen LogP contribution in [0, 0.1) is 0 Å². The van der Waals surface area contributed by atoms with Crippen LogP contribution < -0.4 is 4.90 Å². The Morgan fingerprint density at radius 3 is 1.50 bits per heavy atom. The number of benzene rings is 9. The summed E-state index contributed by atoms with van der Waals surface area (Å²) >= 11 is 1.89. The van der Waals surface area contributed by atoms with Crippen molar-refractivity contribution in [1.82, 2.24) is 0 Å². The third-order valence-electron chi connectivity index (χ3n) is 10.3. The molecule has 1 heterocycles. The summed E-state index contributed by atoms with van der Waals surface area (Å²) in [5.41, 5.74) is 10.7. The molecule has 1 nitrogen and oxygen atoms in total. The van der Waals surface area contributed by atoms with Gasteiger partial charge >= 0.3 is 0 Å². The zero-order valence-corrected chi connectivity index (χ0v) is 29.2. The molecule has 1 aromatic heterocycles. The molecular weight excluding hydrogens is 647 g/mol. The number of thiophene rings is 1. The fraction of sp³-hybridized carbons (Fsp3) is 0. The van der Waals surface area contributed by atoms with Crippen LogP contribution in [0.1, 0.15) is 0 Å². The van der Waals surface area contributed by atoms with E-state index in [0.717, 1.165) is 11.4 Å². The number of hydrogen-bond donors (Lipinski definition) is 0. The van der Waals surface area contributed by atoms with E-state index in [4.69, 9.17) is 0 Å². The minimum atomic E-state index is 1.12. The minimum Gasteiger partial charge on any atom is -0.310 e. The van der Waals surface area contributed by atoms with Gasteiger partial charge < -0.3 is 4.90 Å². The van der Waals surface area contributed by atoms with Crippen molar-refractivity contribution in [2.75, 3.05) is 4.90 Å². The van der Waals surface area contributed by atoms with Crippen LogP contribution in [0.5, 0.6) is 0 Å². The number of hydrogen-bond acceptors (Lipinski definition) is 2. The molecule has 244 valence electrons. The van der Waals surface area contributed by atoms with Gasteiger partial charge in [-0.05, 0) is 86.6 Å². The predicted octanol–water partition coefficient (Wildman–Crippen LogP) is 14.8. The summed E-state index contributed by atoms with van der Waals surface area (Å²) in [7, 11) is 0. The summed E-state index contributed by atoms with van der Waals surface area (Å²) < 4.78 is 2.62. The van der Waals surface area contributed by atoms with Crippen LogP contribution in [0.3, 0.4) is 0 Å². The van der Waals surface area contributed by atoms with Crippen LogP contribution in [-0.4, -0.2) is 0 Å². The summed E-state index contributed by atoms with van der Waals surface area (Å²) in [6.07, 6.45) is 0. The van der Waals surface area contributed by atoms with Gasteiger partial charge in [0.2, 0.25) is 0 Å². The number of nitrogens with zero attached hydrogens (tertiary/aromatic N) is 1. The lowest BCUT2D eigenvalue weighted by atomic mass is 9.96. The van der Waals surface area contributed by atoms with Crippen molar-refractivity contribution in [3.63, 3.8) is 0 Å². The molecule has 0 aliphatic rings. The molecule has 52 heavy (non-hydrogen) atoms. The van der Waals surface area contributed by atoms with Gasteiger partial charge in [-0.3, -0.25) is 0 Å². The maximum absolute atomic E-state index is 2.43. The molecule has 0 radical (unpaired) electrons. The third-order valence-corrected chi connectivity index (χ3v) is 11.5. The third kappa shape index (κ3) is 5.24. The van der Waals surface area contributed by atoms with Crippen LogP contribution in [0.25, 0.3) is 75.1 Å². The maximum atomic E-state index is 2.43. The maximum Gasteiger partial charge on any atom is 0.0547 e. The van der Waals surface area contributed by atoms with Gasteiger partial charge in [-0.15, -0.1) is 11.3 Å². The molecule has 0 N–H and O–H groups in total. The van der Waals surface area contributed by atoms with Crippen LogP contribution in [-0.2, 0) is 0 Å². The van der Waals surface area contributed by atoms with E-state index in [-0.39, 0.29) is 0 Å². The standard InChI is InChI=1S/C50H33NS/c1-3-12-34(13-4-1)36-22-27-40(28-23-36)51(41-29-24-37(25-30-41)35-14-5-2-6-15-35)48-33-47-46-32-39(43-21-11-17-38-16-7-8-18-42(38)43)26-31-49(46)52-50(47)45-20-10-9-19-44(45)48/h1-33H. The number of fused-ring (bicyclic) bond motifs is 6. The molecular formula is C50H33NS. The first kappa shape index (κ1) is 30.4. The highest BCUT2D eigenvalue weighted by molar-refractivity contribution is 7.26. The molecule has 10 aromatic rings. The van der Waals surface area contributed by atoms with Gasteiger partial charge in [0.25, 0.3) is 0 Å². The molecule has 9 aromatic carbocycles. The summed E-state index contributed by atoms with van der Waals surface area (Å²) in [5.74, 6) is 0. The van der Waals surface area contributed by atoms with Crippen LogP contribution in [0.2, 0.25) is 0 Å². The highest BCUT2D eigenvalue weighted by Gasteiger charge is 2.20. The molecule has 10 rings (SSSR count). The zero-order valence-electron chi connectivity index (χ0n) is 28.4. The van der Waals surface area contributed by atoms with Gasteiger partial charge in [0.1, 0.15) is 0 Å². The highest BCUT2D eigenvalue weighted by Crippen LogP contribution is 2.47. The van der Waals surface area contributed by atoms with Crippen LogP contribution in [0.15, 0.2) is 200 Å². The van der Waals surface area contributed by atoms with Gasteiger partial charge in [0.05, 0.1) is 5.69 Å². The van der Waals surface area contributed by atoms with Gasteiger partial charge in [-0.2, -0.15) is 0 Å². The topological polar surface area (TPSA) is 3.24 Å². The van der Waals surface area contributed by atoms with Crippen molar-refractivity contribution < 1.29 is 0 Å². The molecule has 0 unspecified atom stereocenters. The molecule has 0 fully saturated rings. The Bertz CT molecular complexity index is 2780. The van der Waals surface area contributed by atoms with Gasteiger partial charge in [-0.25, -0.2) is 0 Å². The first-order valence-corrected chi connectivity index (χ1v) is 18.6. The lowest BCUT2D eigenvalue weighted by Crippen LogP contribution is -2.10. The summed E-state index contributed by atoms with van der Waals surface area (Å²) in [6.45, 7) is 0. The Labute approximate surface area is 307 Å². The molecule has 0 bridgehead atoms. The highest BCUT2D eigenvalue weighted by atomic mass is 32.1. The Balaban J connectivity index is 1.19. The van der Waals surface area contributed by atoms with E-state index >= 15 is 0 Å². The van der Waals surface area contributed by atoms with Crippen LogP contribution in [0.4, 0.5) is 17.1 Å². The first-order valence-electron chi connectivity index (χ1n) is 17.8. The summed E-state index contributed by atoms with van der Waals surface area (Å²) in [6, 6.07) is 72.9. The molecule has 0 aliphatic heterocycles. The van der Waals surface area contributed by atoms with Crippen molar-refractivity contribution in [1.29, 1.82) is 0 Å².